The van der Waals surface area contributed by atoms with Crippen molar-refractivity contribution in [2.75, 3.05) is 0 Å². The van der Waals surface area contributed by atoms with Crippen molar-refractivity contribution in [1.29, 1.82) is 0 Å². The second kappa shape index (κ2) is 19.4. The van der Waals surface area contributed by atoms with Crippen LogP contribution >= 0.6 is 0 Å². The summed E-state index contributed by atoms with van der Waals surface area (Å²) in [7, 11) is 0. The molecule has 7 aromatic rings. The Bertz CT molecular complexity index is 1880. The molecule has 0 atom stereocenters. The molecular weight excluding hydrogens is 528 g/mol. The number of rotatable bonds is 0. The minimum Gasteiger partial charge on any atom is -0.0683 e. The van der Waals surface area contributed by atoms with E-state index in [0.29, 0.717) is 0 Å². The summed E-state index contributed by atoms with van der Waals surface area (Å²) in [5.74, 6) is 0. The van der Waals surface area contributed by atoms with E-state index >= 15 is 0 Å². The van der Waals surface area contributed by atoms with E-state index < -0.39 is 0 Å². The van der Waals surface area contributed by atoms with Gasteiger partial charge in [-0.3, -0.25) is 0 Å². The first-order valence-corrected chi connectivity index (χ1v) is 17.3. The minimum atomic E-state index is 1.29. The van der Waals surface area contributed by atoms with Gasteiger partial charge in [0, 0.05) is 0 Å². The molecule has 0 amide bonds. The lowest BCUT2D eigenvalue weighted by Gasteiger charge is -2.17. The smallest absolute Gasteiger partial charge is 0.00201 e. The van der Waals surface area contributed by atoms with Gasteiger partial charge in [0.1, 0.15) is 0 Å². The fraction of sp³-hybridized carbons (Fsp3) is 0.318. The average Bonchev–Trinajstić information content (AvgIpc) is 3.15. The van der Waals surface area contributed by atoms with E-state index in [9.17, 15) is 0 Å². The molecule has 0 N–H and O–H groups in total. The maximum Gasteiger partial charge on any atom is -0.00201 e. The van der Waals surface area contributed by atoms with Gasteiger partial charge in [-0.05, 0) is 102 Å². The molecule has 7 aromatic carbocycles. The summed E-state index contributed by atoms with van der Waals surface area (Å²) in [5.41, 5.74) is 2.73. The Labute approximate surface area is 269 Å². The van der Waals surface area contributed by atoms with Crippen LogP contribution in [0.4, 0.5) is 0 Å². The molecule has 44 heavy (non-hydrogen) atoms. The molecule has 0 radical (unpaired) electrons. The summed E-state index contributed by atoms with van der Waals surface area (Å²) < 4.78 is 0. The third kappa shape index (κ3) is 7.07. The van der Waals surface area contributed by atoms with Crippen molar-refractivity contribution >= 4 is 64.6 Å². The molecule has 0 fully saturated rings. The Balaban J connectivity index is 0.000000728. The minimum absolute atomic E-state index is 1.29. The third-order valence-electron chi connectivity index (χ3n) is 7.41. The largest absolute Gasteiger partial charge is 0.0683 e. The fourth-order valence-corrected chi connectivity index (χ4v) is 5.82. The standard InChI is InChI=1S/C32H22.6C2H6/c1-19-22-10-5-6-11-23(22)20(2)29-18-31-30(17-28(19)29)26-14-8-7-13-25(26)27-16-15-21-9-3-4-12-24(21)32(27)31;6*1-2/h3-18H,1-2H3;6*1-2H3. The highest BCUT2D eigenvalue weighted by atomic mass is 14.2. The van der Waals surface area contributed by atoms with Crippen molar-refractivity contribution < 1.29 is 0 Å². The lowest BCUT2D eigenvalue weighted by molar-refractivity contribution is 1.50. The summed E-state index contributed by atoms with van der Waals surface area (Å²) in [5, 5.41) is 16.1. The van der Waals surface area contributed by atoms with Gasteiger partial charge in [0.2, 0.25) is 0 Å². The molecular formula is C44H58. The molecule has 0 heterocycles. The first kappa shape index (κ1) is 38.1. The Morgan fingerprint density at radius 1 is 0.273 bits per heavy atom. The Morgan fingerprint density at radius 2 is 0.636 bits per heavy atom. The molecule has 7 rings (SSSR count). The van der Waals surface area contributed by atoms with E-state index in [1.54, 1.807) is 0 Å². The van der Waals surface area contributed by atoms with Crippen LogP contribution in [0.25, 0.3) is 64.6 Å². The lowest BCUT2D eigenvalue weighted by atomic mass is 9.86. The van der Waals surface area contributed by atoms with Gasteiger partial charge in [0.15, 0.2) is 0 Å². The topological polar surface area (TPSA) is 0 Å². The molecule has 0 nitrogen and oxygen atoms in total. The van der Waals surface area contributed by atoms with Gasteiger partial charge in [0.05, 0.1) is 0 Å². The number of hydrogen-bond acceptors (Lipinski definition) is 0. The van der Waals surface area contributed by atoms with Crippen molar-refractivity contribution in [2.24, 2.45) is 0 Å². The van der Waals surface area contributed by atoms with Gasteiger partial charge < -0.3 is 0 Å². The van der Waals surface area contributed by atoms with Crippen LogP contribution < -0.4 is 0 Å². The highest BCUT2D eigenvalue weighted by Crippen LogP contribution is 2.42. The second-order valence-electron chi connectivity index (χ2n) is 8.99. The molecule has 0 saturated carbocycles. The zero-order chi connectivity index (χ0) is 33.4. The molecule has 0 saturated heterocycles. The van der Waals surface area contributed by atoms with Crippen molar-refractivity contribution in [3.63, 3.8) is 0 Å². The normalized spacial score (nSPS) is 9.59. The van der Waals surface area contributed by atoms with Crippen LogP contribution in [-0.4, -0.2) is 0 Å². The van der Waals surface area contributed by atoms with E-state index in [0.717, 1.165) is 0 Å². The summed E-state index contributed by atoms with van der Waals surface area (Å²) in [6, 6.07) is 36.0. The van der Waals surface area contributed by atoms with E-state index in [-0.39, 0.29) is 0 Å². The van der Waals surface area contributed by atoms with E-state index in [4.69, 9.17) is 0 Å². The first-order chi connectivity index (χ1) is 21.7. The lowest BCUT2D eigenvalue weighted by Crippen LogP contribution is -1.91. The number of fused-ring (bicyclic) bond motifs is 10. The molecule has 0 aromatic heterocycles. The number of benzene rings is 7. The van der Waals surface area contributed by atoms with E-state index in [1.807, 2.05) is 83.1 Å². The second-order valence-corrected chi connectivity index (χ2v) is 8.99. The maximum atomic E-state index is 2.46. The van der Waals surface area contributed by atoms with Crippen molar-refractivity contribution in [2.45, 2.75) is 96.9 Å². The van der Waals surface area contributed by atoms with Crippen LogP contribution in [0.15, 0.2) is 97.1 Å². The van der Waals surface area contributed by atoms with E-state index in [1.165, 1.54) is 75.8 Å². The van der Waals surface area contributed by atoms with Crippen LogP contribution in [0.1, 0.15) is 94.2 Å². The molecule has 0 unspecified atom stereocenters. The number of aryl methyl sites for hydroxylation is 2. The summed E-state index contributed by atoms with van der Waals surface area (Å²) in [6.07, 6.45) is 0. The zero-order valence-corrected chi connectivity index (χ0v) is 30.2. The number of hydrogen-bond donors (Lipinski definition) is 0. The van der Waals surface area contributed by atoms with Crippen molar-refractivity contribution in [1.82, 2.24) is 0 Å². The predicted molar refractivity (Wildman–Crippen MR) is 209 cm³/mol. The van der Waals surface area contributed by atoms with Crippen molar-refractivity contribution in [3.05, 3.63) is 108 Å². The average molecular weight is 587 g/mol. The highest BCUT2D eigenvalue weighted by molar-refractivity contribution is 6.33. The van der Waals surface area contributed by atoms with Gasteiger partial charge >= 0.3 is 0 Å². The van der Waals surface area contributed by atoms with Crippen LogP contribution in [-0.2, 0) is 0 Å². The van der Waals surface area contributed by atoms with Gasteiger partial charge in [-0.1, -0.05) is 168 Å². The van der Waals surface area contributed by atoms with Crippen LogP contribution in [0.2, 0.25) is 0 Å². The van der Waals surface area contributed by atoms with Gasteiger partial charge in [-0.2, -0.15) is 0 Å². The molecule has 0 bridgehead atoms. The van der Waals surface area contributed by atoms with Crippen molar-refractivity contribution in [3.8, 4) is 0 Å². The molecule has 0 aliphatic carbocycles. The molecule has 234 valence electrons. The summed E-state index contributed by atoms with van der Waals surface area (Å²) in [4.78, 5) is 0. The molecule has 0 aliphatic rings. The van der Waals surface area contributed by atoms with Gasteiger partial charge in [-0.25, -0.2) is 0 Å². The van der Waals surface area contributed by atoms with Crippen LogP contribution in [0.5, 0.6) is 0 Å². The van der Waals surface area contributed by atoms with Crippen LogP contribution in [0, 0.1) is 13.8 Å². The summed E-state index contributed by atoms with van der Waals surface area (Å²) in [6.45, 7) is 28.5. The molecule has 0 aliphatic heterocycles. The molecule has 0 heteroatoms. The SMILES string of the molecule is CC.CC.CC.CC.CC.CC.Cc1c2ccccc2c(C)c2cc3c(cc12)c1ccccc1c1ccc2ccccc2c13. The maximum absolute atomic E-state index is 2.46. The summed E-state index contributed by atoms with van der Waals surface area (Å²) >= 11 is 0. The quantitative estimate of drug-likeness (QED) is 0.122. The zero-order valence-electron chi connectivity index (χ0n) is 30.2. The van der Waals surface area contributed by atoms with Gasteiger partial charge in [-0.15, -0.1) is 0 Å². The predicted octanol–water partition coefficient (Wildman–Crippen LogP) is 15.4. The first-order valence-electron chi connectivity index (χ1n) is 17.3. The Morgan fingerprint density at radius 3 is 1.11 bits per heavy atom. The molecule has 0 spiro atoms. The van der Waals surface area contributed by atoms with E-state index in [2.05, 4.69) is 111 Å². The third-order valence-corrected chi connectivity index (χ3v) is 7.41. The Kier molecular flexibility index (Phi) is 16.8. The van der Waals surface area contributed by atoms with Gasteiger partial charge in [0.25, 0.3) is 0 Å². The fourth-order valence-electron chi connectivity index (χ4n) is 5.82. The Hall–Kier alpha value is -3.90. The highest BCUT2D eigenvalue weighted by Gasteiger charge is 2.15. The van der Waals surface area contributed by atoms with Crippen LogP contribution in [0.3, 0.4) is 0 Å². The monoisotopic (exact) mass is 586 g/mol.